The van der Waals surface area contributed by atoms with Crippen LogP contribution >= 0.6 is 11.6 Å². The van der Waals surface area contributed by atoms with Crippen LogP contribution in [-0.2, 0) is 11.8 Å². The molecule has 1 aliphatic heterocycles. The van der Waals surface area contributed by atoms with E-state index in [4.69, 9.17) is 16.1 Å². The van der Waals surface area contributed by atoms with Gasteiger partial charge in [0.2, 0.25) is 5.89 Å². The molecule has 0 aliphatic carbocycles. The third-order valence-corrected chi connectivity index (χ3v) is 4.33. The fourth-order valence-electron chi connectivity index (χ4n) is 2.75. The lowest BCUT2D eigenvalue weighted by molar-refractivity contribution is 0.283. The SMILES string of the molecule is CCC1(c2nc(Cc3cccc(Cl)c3)no2)CCNC1. The number of nitrogens with one attached hydrogen (secondary N) is 1. The monoisotopic (exact) mass is 291 g/mol. The highest BCUT2D eigenvalue weighted by atomic mass is 35.5. The predicted molar refractivity (Wildman–Crippen MR) is 78.0 cm³/mol. The Morgan fingerprint density at radius 3 is 3.05 bits per heavy atom. The van der Waals surface area contributed by atoms with Crippen molar-refractivity contribution < 1.29 is 4.52 Å². The second kappa shape index (κ2) is 5.54. The van der Waals surface area contributed by atoms with Gasteiger partial charge in [-0.1, -0.05) is 35.8 Å². The number of nitrogens with zero attached hydrogens (tertiary/aromatic N) is 2. The van der Waals surface area contributed by atoms with E-state index in [0.717, 1.165) is 48.2 Å². The molecule has 1 saturated heterocycles. The van der Waals surface area contributed by atoms with E-state index in [2.05, 4.69) is 22.4 Å². The summed E-state index contributed by atoms with van der Waals surface area (Å²) in [6, 6.07) is 7.76. The highest BCUT2D eigenvalue weighted by molar-refractivity contribution is 6.30. The van der Waals surface area contributed by atoms with E-state index in [0.29, 0.717) is 6.42 Å². The Bertz CT molecular complexity index is 590. The minimum Gasteiger partial charge on any atom is -0.339 e. The van der Waals surface area contributed by atoms with Crippen molar-refractivity contribution in [3.8, 4) is 0 Å². The molecule has 0 amide bonds. The highest BCUT2D eigenvalue weighted by Crippen LogP contribution is 2.32. The van der Waals surface area contributed by atoms with Crippen molar-refractivity contribution in [2.75, 3.05) is 13.1 Å². The summed E-state index contributed by atoms with van der Waals surface area (Å²) in [4.78, 5) is 4.60. The maximum atomic E-state index is 5.99. The Morgan fingerprint density at radius 1 is 1.45 bits per heavy atom. The summed E-state index contributed by atoms with van der Waals surface area (Å²) in [5.74, 6) is 1.49. The molecular weight excluding hydrogens is 274 g/mol. The molecule has 4 nitrogen and oxygen atoms in total. The summed E-state index contributed by atoms with van der Waals surface area (Å²) >= 11 is 5.99. The van der Waals surface area contributed by atoms with Crippen molar-refractivity contribution in [3.05, 3.63) is 46.6 Å². The summed E-state index contributed by atoms with van der Waals surface area (Å²) in [6.45, 7) is 4.11. The number of hydrogen-bond acceptors (Lipinski definition) is 4. The van der Waals surface area contributed by atoms with Gasteiger partial charge in [0.05, 0.1) is 5.41 Å². The molecule has 106 valence electrons. The summed E-state index contributed by atoms with van der Waals surface area (Å²) < 4.78 is 5.51. The molecule has 5 heteroatoms. The summed E-state index contributed by atoms with van der Waals surface area (Å²) in [5.41, 5.74) is 1.11. The Kier molecular flexibility index (Phi) is 3.76. The van der Waals surface area contributed by atoms with E-state index >= 15 is 0 Å². The third-order valence-electron chi connectivity index (χ3n) is 4.09. The first kappa shape index (κ1) is 13.6. The van der Waals surface area contributed by atoms with Crippen molar-refractivity contribution in [3.63, 3.8) is 0 Å². The van der Waals surface area contributed by atoms with E-state index in [-0.39, 0.29) is 5.41 Å². The van der Waals surface area contributed by atoms with Crippen LogP contribution in [0.5, 0.6) is 0 Å². The van der Waals surface area contributed by atoms with Gasteiger partial charge in [0.1, 0.15) is 0 Å². The largest absolute Gasteiger partial charge is 0.339 e. The topological polar surface area (TPSA) is 51.0 Å². The van der Waals surface area contributed by atoms with Crippen LogP contribution in [0.3, 0.4) is 0 Å². The van der Waals surface area contributed by atoms with Gasteiger partial charge in [-0.2, -0.15) is 4.98 Å². The van der Waals surface area contributed by atoms with E-state index in [9.17, 15) is 0 Å². The normalized spacial score (nSPS) is 22.3. The molecule has 0 saturated carbocycles. The van der Waals surface area contributed by atoms with Gasteiger partial charge in [-0.25, -0.2) is 0 Å². The lowest BCUT2D eigenvalue weighted by atomic mass is 9.84. The fourth-order valence-corrected chi connectivity index (χ4v) is 2.96. The van der Waals surface area contributed by atoms with Gasteiger partial charge in [-0.15, -0.1) is 0 Å². The second-order valence-corrected chi connectivity index (χ2v) is 5.82. The molecule has 2 heterocycles. The standard InChI is InChI=1S/C15H18ClN3O/c1-2-15(6-7-17-10-15)14-18-13(19-20-14)9-11-4-3-5-12(16)8-11/h3-5,8,17H,2,6-7,9-10H2,1H3. The summed E-state index contributed by atoms with van der Waals surface area (Å²) in [7, 11) is 0. The molecule has 1 unspecified atom stereocenters. The van der Waals surface area contributed by atoms with Gasteiger partial charge in [0.25, 0.3) is 0 Å². The molecule has 1 fully saturated rings. The number of halogens is 1. The molecule has 1 aromatic heterocycles. The molecule has 3 rings (SSSR count). The zero-order chi connectivity index (χ0) is 14.0. The molecule has 1 aromatic carbocycles. The van der Waals surface area contributed by atoms with Gasteiger partial charge in [0, 0.05) is 18.0 Å². The second-order valence-electron chi connectivity index (χ2n) is 5.38. The quantitative estimate of drug-likeness (QED) is 0.941. The number of rotatable bonds is 4. The van der Waals surface area contributed by atoms with Crippen LogP contribution in [0.1, 0.15) is 37.0 Å². The molecular formula is C15H18ClN3O. The molecule has 1 aliphatic rings. The van der Waals surface area contributed by atoms with Crippen molar-refractivity contribution >= 4 is 11.6 Å². The molecule has 1 atom stereocenters. The van der Waals surface area contributed by atoms with Gasteiger partial charge in [-0.3, -0.25) is 0 Å². The van der Waals surface area contributed by atoms with E-state index in [1.165, 1.54) is 0 Å². The van der Waals surface area contributed by atoms with Crippen LogP contribution in [0, 0.1) is 0 Å². The highest BCUT2D eigenvalue weighted by Gasteiger charge is 2.39. The zero-order valence-corrected chi connectivity index (χ0v) is 12.3. The van der Waals surface area contributed by atoms with Crippen molar-refractivity contribution in [1.82, 2.24) is 15.5 Å². The Hall–Kier alpha value is -1.39. The van der Waals surface area contributed by atoms with Crippen LogP contribution in [0.4, 0.5) is 0 Å². The van der Waals surface area contributed by atoms with Gasteiger partial charge >= 0.3 is 0 Å². The lowest BCUT2D eigenvalue weighted by Crippen LogP contribution is -2.28. The van der Waals surface area contributed by atoms with E-state index in [1.807, 2.05) is 24.3 Å². The zero-order valence-electron chi connectivity index (χ0n) is 11.5. The van der Waals surface area contributed by atoms with Crippen molar-refractivity contribution in [2.24, 2.45) is 0 Å². The van der Waals surface area contributed by atoms with Gasteiger partial charge in [0.15, 0.2) is 5.82 Å². The Labute approximate surface area is 123 Å². The van der Waals surface area contributed by atoms with Crippen LogP contribution in [-0.4, -0.2) is 23.2 Å². The van der Waals surface area contributed by atoms with Crippen molar-refractivity contribution in [1.29, 1.82) is 0 Å². The summed E-state index contributed by atoms with van der Waals surface area (Å²) in [5, 5.41) is 8.24. The smallest absolute Gasteiger partial charge is 0.234 e. The van der Waals surface area contributed by atoms with Gasteiger partial charge < -0.3 is 9.84 Å². The Morgan fingerprint density at radius 2 is 2.35 bits per heavy atom. The maximum Gasteiger partial charge on any atom is 0.234 e. The molecule has 0 radical (unpaired) electrons. The van der Waals surface area contributed by atoms with Crippen LogP contribution in [0.25, 0.3) is 0 Å². The lowest BCUT2D eigenvalue weighted by Gasteiger charge is -2.20. The average Bonchev–Trinajstić information content (AvgIpc) is 3.08. The minimum atomic E-state index is 0.0135. The number of benzene rings is 1. The molecule has 2 aromatic rings. The van der Waals surface area contributed by atoms with Crippen LogP contribution < -0.4 is 5.32 Å². The Balaban J connectivity index is 1.80. The first-order chi connectivity index (χ1) is 9.72. The molecule has 20 heavy (non-hydrogen) atoms. The van der Waals surface area contributed by atoms with Crippen LogP contribution in [0.2, 0.25) is 5.02 Å². The first-order valence-corrected chi connectivity index (χ1v) is 7.38. The van der Waals surface area contributed by atoms with Gasteiger partial charge in [-0.05, 0) is 37.1 Å². The molecule has 1 N–H and O–H groups in total. The van der Waals surface area contributed by atoms with Crippen molar-refractivity contribution in [2.45, 2.75) is 31.6 Å². The minimum absolute atomic E-state index is 0.0135. The van der Waals surface area contributed by atoms with E-state index < -0.39 is 0 Å². The number of aromatic nitrogens is 2. The molecule has 0 bridgehead atoms. The maximum absolute atomic E-state index is 5.99. The third kappa shape index (κ3) is 2.58. The fraction of sp³-hybridized carbons (Fsp3) is 0.467. The molecule has 0 spiro atoms. The predicted octanol–water partition coefficient (Wildman–Crippen LogP) is 2.95. The number of hydrogen-bond donors (Lipinski definition) is 1. The summed E-state index contributed by atoms with van der Waals surface area (Å²) in [6.07, 6.45) is 2.72. The van der Waals surface area contributed by atoms with Crippen LogP contribution in [0.15, 0.2) is 28.8 Å². The first-order valence-electron chi connectivity index (χ1n) is 7.00. The average molecular weight is 292 g/mol. The van der Waals surface area contributed by atoms with E-state index in [1.54, 1.807) is 0 Å².